The molecule has 0 aromatic heterocycles. The van der Waals surface area contributed by atoms with E-state index in [9.17, 15) is 0 Å². The summed E-state index contributed by atoms with van der Waals surface area (Å²) in [6.07, 6.45) is 1.79. The number of nitrogens with zero attached hydrogens (tertiary/aromatic N) is 1. The minimum Gasteiger partial charge on any atom is -0.359 e. The predicted molar refractivity (Wildman–Crippen MR) is 60.3 cm³/mol. The van der Waals surface area contributed by atoms with Crippen LogP contribution in [0.3, 0.4) is 0 Å². The van der Waals surface area contributed by atoms with Crippen molar-refractivity contribution in [2.45, 2.75) is 25.5 Å². The summed E-state index contributed by atoms with van der Waals surface area (Å²) in [4.78, 5) is 2.11. The van der Waals surface area contributed by atoms with E-state index in [1.165, 1.54) is 0 Å². The fraction of sp³-hybridized carbons (Fsp3) is 1.00. The van der Waals surface area contributed by atoms with Crippen LogP contribution in [0, 0.1) is 0 Å². The summed E-state index contributed by atoms with van der Waals surface area (Å²) in [5, 5.41) is 3.22. The van der Waals surface area contributed by atoms with Crippen molar-refractivity contribution in [2.24, 2.45) is 5.73 Å². The molecule has 0 radical (unpaired) electrons. The van der Waals surface area contributed by atoms with Crippen LogP contribution in [-0.2, 0) is 4.74 Å². The van der Waals surface area contributed by atoms with Crippen LogP contribution in [0.4, 0.5) is 0 Å². The smallest absolute Gasteiger partial charge is 0.119 e. The van der Waals surface area contributed by atoms with Gasteiger partial charge in [0.15, 0.2) is 0 Å². The van der Waals surface area contributed by atoms with Crippen molar-refractivity contribution >= 4 is 0 Å². The van der Waals surface area contributed by atoms with Crippen molar-refractivity contribution in [2.75, 3.05) is 40.8 Å². The molecule has 3 N–H and O–H groups in total. The minimum absolute atomic E-state index is 0.231. The van der Waals surface area contributed by atoms with E-state index in [-0.39, 0.29) is 5.72 Å². The van der Waals surface area contributed by atoms with Crippen LogP contribution in [-0.4, -0.2) is 51.5 Å². The van der Waals surface area contributed by atoms with E-state index in [4.69, 9.17) is 10.5 Å². The van der Waals surface area contributed by atoms with Crippen LogP contribution in [0.15, 0.2) is 0 Å². The zero-order valence-electron chi connectivity index (χ0n) is 9.97. The number of nitrogens with two attached hydrogens (primary N) is 1. The second kappa shape index (κ2) is 7.17. The standard InChI is InChI=1S/C10H25N3O/c1-5-10(12-2,6-7-11)14-9-8-13(3)4/h12H,5-9,11H2,1-4H3. The molecule has 4 nitrogen and oxygen atoms in total. The molecule has 0 rings (SSSR count). The highest BCUT2D eigenvalue weighted by Gasteiger charge is 2.25. The van der Waals surface area contributed by atoms with Crippen LogP contribution in [0.5, 0.6) is 0 Å². The molecule has 0 spiro atoms. The molecular formula is C10H25N3O. The Balaban J connectivity index is 3.94. The lowest BCUT2D eigenvalue weighted by molar-refractivity contribution is -0.0762. The molecule has 4 heteroatoms. The first-order valence-electron chi connectivity index (χ1n) is 5.28. The molecule has 0 aliphatic carbocycles. The van der Waals surface area contributed by atoms with Gasteiger partial charge in [0.25, 0.3) is 0 Å². The van der Waals surface area contributed by atoms with Gasteiger partial charge in [-0.15, -0.1) is 0 Å². The monoisotopic (exact) mass is 203 g/mol. The van der Waals surface area contributed by atoms with E-state index >= 15 is 0 Å². The largest absolute Gasteiger partial charge is 0.359 e. The van der Waals surface area contributed by atoms with Gasteiger partial charge in [0.1, 0.15) is 5.72 Å². The van der Waals surface area contributed by atoms with Crippen LogP contribution in [0.1, 0.15) is 19.8 Å². The maximum atomic E-state index is 5.85. The zero-order chi connectivity index (χ0) is 11.0. The van der Waals surface area contributed by atoms with E-state index in [1.54, 1.807) is 0 Å². The Morgan fingerprint density at radius 2 is 2.07 bits per heavy atom. The van der Waals surface area contributed by atoms with E-state index in [0.717, 1.165) is 26.0 Å². The van der Waals surface area contributed by atoms with Gasteiger partial charge in [-0.3, -0.25) is 5.32 Å². The van der Waals surface area contributed by atoms with Crippen LogP contribution >= 0.6 is 0 Å². The van der Waals surface area contributed by atoms with Gasteiger partial charge < -0.3 is 15.4 Å². The number of rotatable bonds is 8. The molecule has 0 amide bonds. The van der Waals surface area contributed by atoms with Crippen molar-refractivity contribution in [3.05, 3.63) is 0 Å². The molecule has 14 heavy (non-hydrogen) atoms. The fourth-order valence-corrected chi connectivity index (χ4v) is 1.38. The molecule has 0 saturated heterocycles. The first-order chi connectivity index (χ1) is 6.60. The number of hydrogen-bond donors (Lipinski definition) is 2. The fourth-order valence-electron chi connectivity index (χ4n) is 1.38. The van der Waals surface area contributed by atoms with E-state index in [2.05, 4.69) is 17.1 Å². The maximum Gasteiger partial charge on any atom is 0.119 e. The van der Waals surface area contributed by atoms with Gasteiger partial charge in [0.2, 0.25) is 0 Å². The third-order valence-corrected chi connectivity index (χ3v) is 2.49. The third kappa shape index (κ3) is 4.91. The molecule has 0 aliphatic heterocycles. The maximum absolute atomic E-state index is 5.85. The summed E-state index contributed by atoms with van der Waals surface area (Å²) in [6.45, 7) is 4.44. The molecule has 86 valence electrons. The van der Waals surface area contributed by atoms with Crippen molar-refractivity contribution in [1.82, 2.24) is 10.2 Å². The lowest BCUT2D eigenvalue weighted by Crippen LogP contribution is -2.47. The average molecular weight is 203 g/mol. The molecule has 0 bridgehead atoms. The average Bonchev–Trinajstić information content (AvgIpc) is 2.16. The Morgan fingerprint density at radius 1 is 1.43 bits per heavy atom. The van der Waals surface area contributed by atoms with Crippen LogP contribution in [0.25, 0.3) is 0 Å². The first kappa shape index (κ1) is 13.8. The predicted octanol–water partition coefficient (Wildman–Crippen LogP) is 0.239. The van der Waals surface area contributed by atoms with Gasteiger partial charge in [0.05, 0.1) is 6.61 Å². The lowest BCUT2D eigenvalue weighted by Gasteiger charge is -2.32. The highest BCUT2D eigenvalue weighted by atomic mass is 16.5. The molecule has 0 aromatic rings. The topological polar surface area (TPSA) is 50.5 Å². The van der Waals surface area contributed by atoms with Gasteiger partial charge in [-0.05, 0) is 34.1 Å². The number of ether oxygens (including phenoxy) is 1. The van der Waals surface area contributed by atoms with Gasteiger partial charge in [0, 0.05) is 13.0 Å². The highest BCUT2D eigenvalue weighted by molar-refractivity contribution is 4.75. The second-order valence-corrected chi connectivity index (χ2v) is 3.79. The molecule has 0 heterocycles. The second-order valence-electron chi connectivity index (χ2n) is 3.79. The molecule has 1 unspecified atom stereocenters. The SMILES string of the molecule is CCC(CCN)(NC)OCCN(C)C. The van der Waals surface area contributed by atoms with Crippen molar-refractivity contribution in [3.63, 3.8) is 0 Å². The minimum atomic E-state index is -0.231. The normalized spacial score (nSPS) is 15.9. The molecular weight excluding hydrogens is 178 g/mol. The molecule has 0 saturated carbocycles. The first-order valence-corrected chi connectivity index (χ1v) is 5.28. The van der Waals surface area contributed by atoms with Gasteiger partial charge in [-0.1, -0.05) is 6.92 Å². The van der Waals surface area contributed by atoms with Gasteiger partial charge in [-0.25, -0.2) is 0 Å². The lowest BCUT2D eigenvalue weighted by atomic mass is 10.1. The summed E-state index contributed by atoms with van der Waals surface area (Å²) < 4.78 is 5.85. The third-order valence-electron chi connectivity index (χ3n) is 2.49. The van der Waals surface area contributed by atoms with E-state index in [1.807, 2.05) is 21.1 Å². The van der Waals surface area contributed by atoms with E-state index in [0.29, 0.717) is 6.54 Å². The van der Waals surface area contributed by atoms with Crippen molar-refractivity contribution in [3.8, 4) is 0 Å². The summed E-state index contributed by atoms with van der Waals surface area (Å²) in [5.41, 5.74) is 5.34. The molecule has 1 atom stereocenters. The van der Waals surface area contributed by atoms with Crippen LogP contribution in [0.2, 0.25) is 0 Å². The Morgan fingerprint density at radius 3 is 2.43 bits per heavy atom. The quantitative estimate of drug-likeness (QED) is 0.555. The van der Waals surface area contributed by atoms with Crippen molar-refractivity contribution in [1.29, 1.82) is 0 Å². The Hall–Kier alpha value is -0.160. The van der Waals surface area contributed by atoms with Crippen molar-refractivity contribution < 1.29 is 4.74 Å². The summed E-state index contributed by atoms with van der Waals surface area (Å²) >= 11 is 0. The number of likely N-dealkylation sites (N-methyl/N-ethyl adjacent to an activating group) is 1. The number of nitrogens with one attached hydrogen (secondary N) is 1. The zero-order valence-corrected chi connectivity index (χ0v) is 9.97. The van der Waals surface area contributed by atoms with Gasteiger partial charge in [-0.2, -0.15) is 0 Å². The molecule has 0 aliphatic rings. The highest BCUT2D eigenvalue weighted by Crippen LogP contribution is 2.15. The number of hydrogen-bond acceptors (Lipinski definition) is 4. The summed E-state index contributed by atoms with van der Waals surface area (Å²) in [6, 6.07) is 0. The summed E-state index contributed by atoms with van der Waals surface area (Å²) in [5.74, 6) is 0. The van der Waals surface area contributed by atoms with Gasteiger partial charge >= 0.3 is 0 Å². The van der Waals surface area contributed by atoms with E-state index < -0.39 is 0 Å². The van der Waals surface area contributed by atoms with Crippen LogP contribution < -0.4 is 11.1 Å². The molecule has 0 fully saturated rings. The Labute approximate surface area is 87.8 Å². The Bertz CT molecular complexity index is 135. The molecule has 0 aromatic carbocycles. The Kier molecular flexibility index (Phi) is 7.09. The summed E-state index contributed by atoms with van der Waals surface area (Å²) in [7, 11) is 6.01.